The third-order valence-electron chi connectivity index (χ3n) is 2.00. The Morgan fingerprint density at radius 1 is 1.50 bits per heavy atom. The number of hydrogen-bond donors (Lipinski definition) is 0. The van der Waals surface area contributed by atoms with Gasteiger partial charge in [0.15, 0.2) is 0 Å². The van der Waals surface area contributed by atoms with Gasteiger partial charge in [-0.3, -0.25) is 14.5 Å². The molecule has 0 radical (unpaired) electrons. The number of hydrogen-bond acceptors (Lipinski definition) is 4. The Labute approximate surface area is 101 Å². The van der Waals surface area contributed by atoms with Crippen molar-refractivity contribution in [1.29, 1.82) is 0 Å². The molecule has 1 saturated heterocycles. The maximum atomic E-state index is 11.7. The van der Waals surface area contributed by atoms with Crippen LogP contribution in [0, 0.1) is 0 Å². The minimum atomic E-state index is -0.313. The van der Waals surface area contributed by atoms with Crippen molar-refractivity contribution < 1.29 is 14.0 Å². The van der Waals surface area contributed by atoms with E-state index in [9.17, 15) is 9.59 Å². The predicted octanol–water partition coefficient (Wildman–Crippen LogP) is 2.55. The number of imide groups is 1. The molecule has 2 rings (SSSR count). The lowest BCUT2D eigenvalue weighted by Crippen LogP contribution is -2.29. The van der Waals surface area contributed by atoms with E-state index in [4.69, 9.17) is 16.0 Å². The van der Waals surface area contributed by atoms with Gasteiger partial charge in [0.25, 0.3) is 11.1 Å². The Bertz CT molecular complexity index is 441. The fourth-order valence-electron chi connectivity index (χ4n) is 1.28. The zero-order valence-electron chi connectivity index (χ0n) is 8.18. The lowest BCUT2D eigenvalue weighted by atomic mass is 10.3. The molecule has 1 aromatic rings. The van der Waals surface area contributed by atoms with Crippen LogP contribution in [0.3, 0.4) is 0 Å². The van der Waals surface area contributed by atoms with Crippen LogP contribution in [0.4, 0.5) is 4.79 Å². The Kier molecular flexibility index (Phi) is 3.36. The number of halogens is 1. The van der Waals surface area contributed by atoms with Gasteiger partial charge in [0.05, 0.1) is 11.2 Å². The molecule has 1 aliphatic heterocycles. The lowest BCUT2D eigenvalue weighted by molar-refractivity contribution is -0.122. The average molecular weight is 258 g/mol. The van der Waals surface area contributed by atoms with Crippen LogP contribution in [-0.4, -0.2) is 28.5 Å². The van der Waals surface area contributed by atoms with E-state index in [1.807, 2.05) is 0 Å². The van der Waals surface area contributed by atoms with Crippen molar-refractivity contribution in [2.45, 2.75) is 0 Å². The van der Waals surface area contributed by atoms with Crippen LogP contribution >= 0.6 is 23.4 Å². The van der Waals surface area contributed by atoms with Crippen LogP contribution in [0.2, 0.25) is 0 Å². The molecule has 84 valence electrons. The second-order valence-electron chi connectivity index (χ2n) is 3.04. The van der Waals surface area contributed by atoms with E-state index < -0.39 is 0 Å². The molecule has 0 N–H and O–H groups in total. The van der Waals surface area contributed by atoms with Crippen LogP contribution < -0.4 is 0 Å². The number of alkyl halides is 1. The van der Waals surface area contributed by atoms with Crippen molar-refractivity contribution in [3.05, 3.63) is 29.1 Å². The molecule has 6 heteroatoms. The van der Waals surface area contributed by atoms with Gasteiger partial charge in [0.1, 0.15) is 5.76 Å². The number of furan rings is 1. The zero-order valence-corrected chi connectivity index (χ0v) is 9.75. The molecule has 0 aliphatic carbocycles. The zero-order chi connectivity index (χ0) is 11.5. The Morgan fingerprint density at radius 2 is 2.31 bits per heavy atom. The van der Waals surface area contributed by atoms with Gasteiger partial charge < -0.3 is 4.42 Å². The number of rotatable bonds is 3. The van der Waals surface area contributed by atoms with Crippen molar-refractivity contribution in [2.24, 2.45) is 0 Å². The molecular formula is C10H8ClNO3S. The fraction of sp³-hybridized carbons (Fsp3) is 0.200. The fourth-order valence-corrected chi connectivity index (χ4v) is 2.29. The third kappa shape index (κ3) is 2.15. The van der Waals surface area contributed by atoms with E-state index in [0.29, 0.717) is 10.7 Å². The number of amides is 2. The first-order chi connectivity index (χ1) is 7.72. The van der Waals surface area contributed by atoms with Gasteiger partial charge >= 0.3 is 0 Å². The van der Waals surface area contributed by atoms with Crippen molar-refractivity contribution in [3.63, 3.8) is 0 Å². The maximum Gasteiger partial charge on any atom is 0.293 e. The molecule has 2 amide bonds. The van der Waals surface area contributed by atoms with Gasteiger partial charge in [-0.1, -0.05) is 0 Å². The number of carbonyl (C=O) groups excluding carboxylic acids is 2. The lowest BCUT2D eigenvalue weighted by Gasteiger charge is -2.08. The Morgan fingerprint density at radius 3 is 2.94 bits per heavy atom. The van der Waals surface area contributed by atoms with Gasteiger partial charge in [0.2, 0.25) is 0 Å². The standard InChI is InChI=1S/C10H8ClNO3S/c11-3-4-12-9(13)8(16-10(12)14)6-7-2-1-5-15-7/h1-2,5-6H,3-4H2/b8-6-. The van der Waals surface area contributed by atoms with E-state index in [0.717, 1.165) is 16.7 Å². The molecule has 16 heavy (non-hydrogen) atoms. The molecule has 0 spiro atoms. The summed E-state index contributed by atoms with van der Waals surface area (Å²) in [7, 11) is 0. The number of thioether (sulfide) groups is 1. The van der Waals surface area contributed by atoms with Crippen molar-refractivity contribution in [2.75, 3.05) is 12.4 Å². The van der Waals surface area contributed by atoms with E-state index >= 15 is 0 Å². The molecule has 0 saturated carbocycles. The summed E-state index contributed by atoms with van der Waals surface area (Å²) in [6.45, 7) is 0.238. The molecule has 0 atom stereocenters. The molecule has 0 unspecified atom stereocenters. The summed E-state index contributed by atoms with van der Waals surface area (Å²) >= 11 is 6.41. The molecule has 0 bridgehead atoms. The van der Waals surface area contributed by atoms with Gasteiger partial charge in [-0.25, -0.2) is 0 Å². The maximum absolute atomic E-state index is 11.7. The highest BCUT2D eigenvalue weighted by atomic mass is 35.5. The summed E-state index contributed by atoms with van der Waals surface area (Å²) < 4.78 is 5.08. The summed E-state index contributed by atoms with van der Waals surface area (Å²) in [6.07, 6.45) is 3.06. The highest BCUT2D eigenvalue weighted by Crippen LogP contribution is 2.31. The summed E-state index contributed by atoms with van der Waals surface area (Å²) in [5, 5.41) is -0.288. The topological polar surface area (TPSA) is 50.5 Å². The van der Waals surface area contributed by atoms with Crippen LogP contribution in [-0.2, 0) is 4.79 Å². The molecule has 4 nitrogen and oxygen atoms in total. The molecule has 0 aromatic carbocycles. The predicted molar refractivity (Wildman–Crippen MR) is 62.1 cm³/mol. The van der Waals surface area contributed by atoms with Crippen molar-refractivity contribution in [1.82, 2.24) is 4.90 Å². The van der Waals surface area contributed by atoms with Crippen molar-refractivity contribution in [3.8, 4) is 0 Å². The van der Waals surface area contributed by atoms with Crippen molar-refractivity contribution >= 4 is 40.6 Å². The Hall–Kier alpha value is -1.20. The molecular weight excluding hydrogens is 250 g/mol. The highest BCUT2D eigenvalue weighted by molar-refractivity contribution is 8.18. The number of nitrogens with zero attached hydrogens (tertiary/aromatic N) is 1. The quantitative estimate of drug-likeness (QED) is 0.617. The first kappa shape index (κ1) is 11.3. The molecule has 1 fully saturated rings. The van der Waals surface area contributed by atoms with Crippen LogP contribution in [0.5, 0.6) is 0 Å². The molecule has 2 heterocycles. The largest absolute Gasteiger partial charge is 0.465 e. The van der Waals surface area contributed by atoms with Crippen LogP contribution in [0.15, 0.2) is 27.7 Å². The highest BCUT2D eigenvalue weighted by Gasteiger charge is 2.34. The number of carbonyl (C=O) groups is 2. The summed E-state index contributed by atoms with van der Waals surface area (Å²) in [4.78, 5) is 24.7. The second-order valence-corrected chi connectivity index (χ2v) is 4.41. The first-order valence-corrected chi connectivity index (χ1v) is 5.92. The smallest absolute Gasteiger partial charge is 0.293 e. The van der Waals surface area contributed by atoms with E-state index in [1.165, 1.54) is 6.26 Å². The average Bonchev–Trinajstić information content (AvgIpc) is 2.84. The SMILES string of the molecule is O=C1S/C(=C\c2ccco2)C(=O)N1CCCl. The van der Waals surface area contributed by atoms with E-state index in [1.54, 1.807) is 18.2 Å². The van der Waals surface area contributed by atoms with E-state index in [2.05, 4.69) is 0 Å². The summed E-state index contributed by atoms with van der Waals surface area (Å²) in [5.74, 6) is 0.481. The first-order valence-electron chi connectivity index (χ1n) is 4.57. The van der Waals surface area contributed by atoms with Gasteiger partial charge in [-0.15, -0.1) is 11.6 Å². The van der Waals surface area contributed by atoms with Crippen LogP contribution in [0.25, 0.3) is 6.08 Å². The monoisotopic (exact) mass is 257 g/mol. The normalized spacial score (nSPS) is 18.8. The summed E-state index contributed by atoms with van der Waals surface area (Å²) in [6, 6.07) is 3.43. The van der Waals surface area contributed by atoms with Gasteiger partial charge in [-0.2, -0.15) is 0 Å². The van der Waals surface area contributed by atoms with E-state index in [-0.39, 0.29) is 23.6 Å². The van der Waals surface area contributed by atoms with Gasteiger partial charge in [-0.05, 0) is 23.9 Å². The molecule has 1 aromatic heterocycles. The van der Waals surface area contributed by atoms with Gasteiger partial charge in [0, 0.05) is 18.5 Å². The minimum Gasteiger partial charge on any atom is -0.465 e. The minimum absolute atomic E-state index is 0.238. The summed E-state index contributed by atoms with van der Waals surface area (Å²) in [5.41, 5.74) is 0. The molecule has 1 aliphatic rings. The third-order valence-corrected chi connectivity index (χ3v) is 3.07. The second kappa shape index (κ2) is 4.76. The Balaban J connectivity index is 2.20. The van der Waals surface area contributed by atoms with Crippen LogP contribution in [0.1, 0.15) is 5.76 Å².